The van der Waals surface area contributed by atoms with Crippen LogP contribution in [0.3, 0.4) is 0 Å². The molecule has 0 spiro atoms. The SMILES string of the molecule is O=[N+]([O-])c1ccccc1NCCNCCNc1cccc2ccccc12. The Balaban J connectivity index is 1.39. The molecular weight excluding hydrogens is 328 g/mol. The smallest absolute Gasteiger partial charge is 0.292 e. The van der Waals surface area contributed by atoms with E-state index in [-0.39, 0.29) is 10.6 Å². The largest absolute Gasteiger partial charge is 0.383 e. The van der Waals surface area contributed by atoms with E-state index < -0.39 is 0 Å². The summed E-state index contributed by atoms with van der Waals surface area (Å²) in [6, 6.07) is 21.2. The van der Waals surface area contributed by atoms with Crippen LogP contribution in [-0.2, 0) is 0 Å². The van der Waals surface area contributed by atoms with Crippen molar-refractivity contribution in [2.45, 2.75) is 0 Å². The molecule has 3 N–H and O–H groups in total. The average molecular weight is 350 g/mol. The van der Waals surface area contributed by atoms with Crippen molar-refractivity contribution in [3.8, 4) is 0 Å². The molecule has 134 valence electrons. The number of rotatable bonds is 9. The standard InChI is InChI=1S/C20H22N4O2/c25-24(26)20-11-4-3-9-19(20)23-15-13-21-12-14-22-18-10-5-7-16-6-1-2-8-17(16)18/h1-11,21-23H,12-15H2. The molecule has 0 aliphatic heterocycles. The van der Waals surface area contributed by atoms with Gasteiger partial charge in [0.2, 0.25) is 0 Å². The molecule has 0 unspecified atom stereocenters. The summed E-state index contributed by atoms with van der Waals surface area (Å²) >= 11 is 0. The molecule has 0 radical (unpaired) electrons. The third kappa shape index (κ3) is 4.49. The first-order valence-corrected chi connectivity index (χ1v) is 8.65. The highest BCUT2D eigenvalue weighted by atomic mass is 16.6. The number of nitrogens with one attached hydrogen (secondary N) is 3. The number of hydrogen-bond donors (Lipinski definition) is 3. The Hall–Kier alpha value is -3.12. The normalized spacial score (nSPS) is 10.6. The van der Waals surface area contributed by atoms with Crippen molar-refractivity contribution < 1.29 is 4.92 Å². The molecule has 0 fully saturated rings. The van der Waals surface area contributed by atoms with Gasteiger partial charge < -0.3 is 16.0 Å². The Morgan fingerprint density at radius 1 is 0.731 bits per heavy atom. The molecule has 0 atom stereocenters. The lowest BCUT2D eigenvalue weighted by Gasteiger charge is -2.11. The van der Waals surface area contributed by atoms with Crippen molar-refractivity contribution in [1.29, 1.82) is 0 Å². The number of hydrogen-bond acceptors (Lipinski definition) is 5. The topological polar surface area (TPSA) is 79.2 Å². The third-order valence-electron chi connectivity index (χ3n) is 4.12. The Morgan fingerprint density at radius 2 is 1.35 bits per heavy atom. The van der Waals surface area contributed by atoms with Crippen molar-refractivity contribution in [2.24, 2.45) is 0 Å². The number of anilines is 2. The van der Waals surface area contributed by atoms with Crippen molar-refractivity contribution in [3.05, 3.63) is 76.8 Å². The van der Waals surface area contributed by atoms with Gasteiger partial charge in [0.1, 0.15) is 5.69 Å². The predicted molar refractivity (Wildman–Crippen MR) is 107 cm³/mol. The molecule has 3 rings (SSSR count). The number of nitro benzene ring substituents is 1. The third-order valence-corrected chi connectivity index (χ3v) is 4.12. The minimum absolute atomic E-state index is 0.102. The van der Waals surface area contributed by atoms with Crippen molar-refractivity contribution in [2.75, 3.05) is 36.8 Å². The number of fused-ring (bicyclic) bond motifs is 1. The fraction of sp³-hybridized carbons (Fsp3) is 0.200. The highest BCUT2D eigenvalue weighted by molar-refractivity contribution is 5.93. The van der Waals surface area contributed by atoms with E-state index in [4.69, 9.17) is 0 Å². The molecule has 0 bridgehead atoms. The molecule has 0 saturated heterocycles. The van der Waals surface area contributed by atoms with E-state index in [1.165, 1.54) is 16.8 Å². The first-order chi connectivity index (χ1) is 12.8. The van der Waals surface area contributed by atoms with Gasteiger partial charge in [-0.2, -0.15) is 0 Å². The molecule has 0 amide bonds. The lowest BCUT2D eigenvalue weighted by molar-refractivity contribution is -0.384. The van der Waals surface area contributed by atoms with Crippen LogP contribution in [0.1, 0.15) is 0 Å². The number of nitro groups is 1. The first-order valence-electron chi connectivity index (χ1n) is 8.65. The first kappa shape index (κ1) is 17.7. The zero-order chi connectivity index (χ0) is 18.2. The summed E-state index contributed by atoms with van der Waals surface area (Å²) in [5.41, 5.74) is 1.78. The Morgan fingerprint density at radius 3 is 2.15 bits per heavy atom. The fourth-order valence-corrected chi connectivity index (χ4v) is 2.86. The molecule has 6 nitrogen and oxygen atoms in total. The molecular formula is C20H22N4O2. The maximum absolute atomic E-state index is 11.0. The molecule has 3 aromatic rings. The van der Waals surface area contributed by atoms with Gasteiger partial charge in [0.05, 0.1) is 4.92 Å². The van der Waals surface area contributed by atoms with Gasteiger partial charge >= 0.3 is 0 Å². The van der Waals surface area contributed by atoms with E-state index in [0.29, 0.717) is 12.2 Å². The van der Waals surface area contributed by atoms with Crippen LogP contribution in [0.15, 0.2) is 66.7 Å². The molecule has 6 heteroatoms. The van der Waals surface area contributed by atoms with Crippen LogP contribution < -0.4 is 16.0 Å². The highest BCUT2D eigenvalue weighted by Crippen LogP contribution is 2.23. The Bertz CT molecular complexity index is 877. The van der Waals surface area contributed by atoms with E-state index in [9.17, 15) is 10.1 Å². The molecule has 0 aromatic heterocycles. The summed E-state index contributed by atoms with van der Waals surface area (Å²) in [5, 5.41) is 23.3. The molecule has 0 aliphatic rings. The summed E-state index contributed by atoms with van der Waals surface area (Å²) in [4.78, 5) is 10.6. The van der Waals surface area contributed by atoms with Gasteiger partial charge in [0.15, 0.2) is 0 Å². The van der Waals surface area contributed by atoms with Gasteiger partial charge in [-0.05, 0) is 17.5 Å². The van der Waals surface area contributed by atoms with Crippen molar-refractivity contribution in [3.63, 3.8) is 0 Å². The van der Waals surface area contributed by atoms with Gasteiger partial charge in [-0.3, -0.25) is 10.1 Å². The highest BCUT2D eigenvalue weighted by Gasteiger charge is 2.10. The van der Waals surface area contributed by atoms with Gasteiger partial charge in [-0.25, -0.2) is 0 Å². The van der Waals surface area contributed by atoms with Gasteiger partial charge in [-0.15, -0.1) is 0 Å². The van der Waals surface area contributed by atoms with E-state index in [1.54, 1.807) is 18.2 Å². The lowest BCUT2D eigenvalue weighted by Crippen LogP contribution is -2.27. The van der Waals surface area contributed by atoms with Crippen LogP contribution in [-0.4, -0.2) is 31.1 Å². The fourth-order valence-electron chi connectivity index (χ4n) is 2.86. The number of nitrogens with zero attached hydrogens (tertiary/aromatic N) is 1. The summed E-state index contributed by atoms with van der Waals surface area (Å²) in [7, 11) is 0. The van der Waals surface area contributed by atoms with Crippen molar-refractivity contribution >= 4 is 27.8 Å². The molecule has 0 saturated carbocycles. The predicted octanol–water partition coefficient (Wildman–Crippen LogP) is 3.86. The van der Waals surface area contributed by atoms with E-state index in [1.807, 2.05) is 12.1 Å². The molecule has 26 heavy (non-hydrogen) atoms. The van der Waals surface area contributed by atoms with Crippen LogP contribution >= 0.6 is 0 Å². The van der Waals surface area contributed by atoms with Crippen LogP contribution in [0.2, 0.25) is 0 Å². The summed E-state index contributed by atoms with van der Waals surface area (Å²) in [5.74, 6) is 0. The maximum Gasteiger partial charge on any atom is 0.292 e. The van der Waals surface area contributed by atoms with Gasteiger partial charge in [0, 0.05) is 43.3 Å². The van der Waals surface area contributed by atoms with Crippen molar-refractivity contribution in [1.82, 2.24) is 5.32 Å². The maximum atomic E-state index is 11.0. The van der Waals surface area contributed by atoms with Crippen LogP contribution in [0, 0.1) is 10.1 Å². The monoisotopic (exact) mass is 350 g/mol. The second-order valence-corrected chi connectivity index (χ2v) is 5.90. The van der Waals surface area contributed by atoms with E-state index in [2.05, 4.69) is 46.3 Å². The Labute approximate surface area is 152 Å². The second-order valence-electron chi connectivity index (χ2n) is 5.90. The van der Waals surface area contributed by atoms with Crippen LogP contribution in [0.4, 0.5) is 17.1 Å². The number of benzene rings is 3. The zero-order valence-electron chi connectivity index (χ0n) is 14.4. The molecule has 3 aromatic carbocycles. The molecule has 0 aliphatic carbocycles. The minimum Gasteiger partial charge on any atom is -0.383 e. The quantitative estimate of drug-likeness (QED) is 0.310. The van der Waals surface area contributed by atoms with Crippen LogP contribution in [0.25, 0.3) is 10.8 Å². The van der Waals surface area contributed by atoms with E-state index >= 15 is 0 Å². The zero-order valence-corrected chi connectivity index (χ0v) is 14.4. The summed E-state index contributed by atoms with van der Waals surface area (Å²) in [6.07, 6.45) is 0. The van der Waals surface area contributed by atoms with Gasteiger partial charge in [0.25, 0.3) is 5.69 Å². The van der Waals surface area contributed by atoms with E-state index in [0.717, 1.165) is 25.3 Å². The average Bonchev–Trinajstić information content (AvgIpc) is 2.67. The second kappa shape index (κ2) is 8.82. The summed E-state index contributed by atoms with van der Waals surface area (Å²) in [6.45, 7) is 2.96. The number of para-hydroxylation sites is 2. The molecule has 0 heterocycles. The van der Waals surface area contributed by atoms with Gasteiger partial charge in [-0.1, -0.05) is 48.5 Å². The minimum atomic E-state index is -0.371. The van der Waals surface area contributed by atoms with Crippen LogP contribution in [0.5, 0.6) is 0 Å². The Kier molecular flexibility index (Phi) is 6.01. The lowest BCUT2D eigenvalue weighted by atomic mass is 10.1. The summed E-state index contributed by atoms with van der Waals surface area (Å²) < 4.78 is 0.